The number of nitrogens with one attached hydrogen (secondary N) is 2. The lowest BCUT2D eigenvalue weighted by Crippen LogP contribution is -2.32. The van der Waals surface area contributed by atoms with E-state index >= 15 is 0 Å². The second-order valence-corrected chi connectivity index (χ2v) is 6.53. The fraction of sp³-hybridized carbons (Fsp3) is 0.250. The van der Waals surface area contributed by atoms with Gasteiger partial charge in [0.15, 0.2) is 0 Å². The van der Waals surface area contributed by atoms with Crippen molar-refractivity contribution in [2.45, 2.75) is 13.0 Å². The molecule has 1 aliphatic rings. The molecule has 1 saturated heterocycles. The SMILES string of the molecule is COc1cccc(N2CC(C(=O)NCc3nc4ccccc4[nH]3)CC2=O)c1. The van der Waals surface area contributed by atoms with Crippen LogP contribution in [-0.2, 0) is 16.1 Å². The third kappa shape index (κ3) is 3.48. The summed E-state index contributed by atoms with van der Waals surface area (Å²) < 4.78 is 5.21. The Morgan fingerprint density at radius 1 is 1.30 bits per heavy atom. The number of fused-ring (bicyclic) bond motifs is 1. The lowest BCUT2D eigenvalue weighted by molar-refractivity contribution is -0.126. The van der Waals surface area contributed by atoms with E-state index in [9.17, 15) is 9.59 Å². The number of aromatic nitrogens is 2. The molecule has 3 aromatic rings. The van der Waals surface area contributed by atoms with Crippen LogP contribution in [0.25, 0.3) is 11.0 Å². The van der Waals surface area contributed by atoms with Gasteiger partial charge >= 0.3 is 0 Å². The highest BCUT2D eigenvalue weighted by Crippen LogP contribution is 2.28. The molecule has 1 unspecified atom stereocenters. The molecular weight excluding hydrogens is 344 g/mol. The van der Waals surface area contributed by atoms with E-state index < -0.39 is 0 Å². The van der Waals surface area contributed by atoms with Gasteiger partial charge in [0.2, 0.25) is 11.8 Å². The molecule has 27 heavy (non-hydrogen) atoms. The molecule has 1 fully saturated rings. The highest BCUT2D eigenvalue weighted by molar-refractivity contribution is 6.00. The van der Waals surface area contributed by atoms with Gasteiger partial charge in [-0.25, -0.2) is 4.98 Å². The minimum absolute atomic E-state index is 0.0628. The van der Waals surface area contributed by atoms with E-state index in [1.165, 1.54) is 0 Å². The maximum atomic E-state index is 12.5. The Labute approximate surface area is 156 Å². The molecule has 0 radical (unpaired) electrons. The number of benzene rings is 2. The lowest BCUT2D eigenvalue weighted by atomic mass is 10.1. The lowest BCUT2D eigenvalue weighted by Gasteiger charge is -2.17. The molecule has 1 aromatic heterocycles. The van der Waals surface area contributed by atoms with Crippen molar-refractivity contribution in [3.05, 3.63) is 54.4 Å². The Kier molecular flexibility index (Phi) is 4.50. The Morgan fingerprint density at radius 3 is 2.96 bits per heavy atom. The number of anilines is 1. The van der Waals surface area contributed by atoms with Crippen LogP contribution in [0.1, 0.15) is 12.2 Å². The predicted molar refractivity (Wildman–Crippen MR) is 101 cm³/mol. The quantitative estimate of drug-likeness (QED) is 0.727. The molecule has 0 saturated carbocycles. The van der Waals surface area contributed by atoms with Crippen molar-refractivity contribution < 1.29 is 14.3 Å². The molecule has 0 spiro atoms. The van der Waals surface area contributed by atoms with E-state index in [4.69, 9.17) is 4.74 Å². The smallest absolute Gasteiger partial charge is 0.227 e. The number of carbonyl (C=O) groups is 2. The van der Waals surface area contributed by atoms with Crippen molar-refractivity contribution >= 4 is 28.5 Å². The summed E-state index contributed by atoms with van der Waals surface area (Å²) in [4.78, 5) is 34.2. The van der Waals surface area contributed by atoms with E-state index in [2.05, 4.69) is 15.3 Å². The van der Waals surface area contributed by atoms with Crippen LogP contribution in [0, 0.1) is 5.92 Å². The Balaban J connectivity index is 1.40. The molecule has 4 rings (SSSR count). The standard InChI is InChI=1S/C20H20N4O3/c1-27-15-6-4-5-14(10-15)24-12-13(9-19(24)25)20(26)21-11-18-22-16-7-2-3-8-17(16)23-18/h2-8,10,13H,9,11-12H2,1H3,(H,21,26)(H,22,23). The number of hydrogen-bond acceptors (Lipinski definition) is 4. The molecular formula is C20H20N4O3. The van der Waals surface area contributed by atoms with Gasteiger partial charge in [-0.3, -0.25) is 9.59 Å². The zero-order valence-electron chi connectivity index (χ0n) is 14.9. The largest absolute Gasteiger partial charge is 0.497 e. The average molecular weight is 364 g/mol. The van der Waals surface area contributed by atoms with Crippen LogP contribution in [0.5, 0.6) is 5.75 Å². The second kappa shape index (κ2) is 7.11. The summed E-state index contributed by atoms with van der Waals surface area (Å²) in [5.41, 5.74) is 2.54. The highest BCUT2D eigenvalue weighted by Gasteiger charge is 2.35. The number of ether oxygens (including phenoxy) is 1. The molecule has 138 valence electrons. The number of carbonyl (C=O) groups excluding carboxylic acids is 2. The molecule has 2 aromatic carbocycles. The zero-order chi connectivity index (χ0) is 18.8. The van der Waals surface area contributed by atoms with Crippen molar-refractivity contribution in [2.75, 3.05) is 18.6 Å². The van der Waals surface area contributed by atoms with E-state index in [0.717, 1.165) is 16.7 Å². The molecule has 2 N–H and O–H groups in total. The first-order chi connectivity index (χ1) is 13.1. The number of aromatic amines is 1. The fourth-order valence-corrected chi connectivity index (χ4v) is 3.32. The van der Waals surface area contributed by atoms with Gasteiger partial charge in [0, 0.05) is 24.7 Å². The van der Waals surface area contributed by atoms with Crippen molar-refractivity contribution in [1.29, 1.82) is 0 Å². The Bertz CT molecular complexity index is 965. The molecule has 7 nitrogen and oxygen atoms in total. The summed E-state index contributed by atoms with van der Waals surface area (Å²) in [5, 5.41) is 2.88. The Morgan fingerprint density at radius 2 is 2.15 bits per heavy atom. The van der Waals surface area contributed by atoms with E-state index in [-0.39, 0.29) is 24.2 Å². The van der Waals surface area contributed by atoms with Crippen molar-refractivity contribution in [1.82, 2.24) is 15.3 Å². The van der Waals surface area contributed by atoms with Gasteiger partial charge in [0.05, 0.1) is 30.6 Å². The first kappa shape index (κ1) is 17.1. The first-order valence-corrected chi connectivity index (χ1v) is 8.80. The van der Waals surface area contributed by atoms with Gasteiger partial charge in [0.25, 0.3) is 0 Å². The number of imidazole rings is 1. The molecule has 0 aliphatic carbocycles. The van der Waals surface area contributed by atoms with Gasteiger partial charge < -0.3 is 19.9 Å². The highest BCUT2D eigenvalue weighted by atomic mass is 16.5. The fourth-order valence-electron chi connectivity index (χ4n) is 3.32. The van der Waals surface area contributed by atoms with E-state index in [0.29, 0.717) is 24.7 Å². The first-order valence-electron chi connectivity index (χ1n) is 8.80. The van der Waals surface area contributed by atoms with E-state index in [1.807, 2.05) is 42.5 Å². The summed E-state index contributed by atoms with van der Waals surface area (Å²) in [7, 11) is 1.58. The number of hydrogen-bond donors (Lipinski definition) is 2. The molecule has 2 heterocycles. The van der Waals surface area contributed by atoms with E-state index in [1.54, 1.807) is 18.1 Å². The minimum Gasteiger partial charge on any atom is -0.497 e. The van der Waals surface area contributed by atoms with Gasteiger partial charge in [-0.05, 0) is 24.3 Å². The summed E-state index contributed by atoms with van der Waals surface area (Å²) in [6.07, 6.45) is 0.198. The zero-order valence-corrected chi connectivity index (χ0v) is 14.9. The number of rotatable bonds is 5. The molecule has 0 bridgehead atoms. The summed E-state index contributed by atoms with van der Waals surface area (Å²) in [6, 6.07) is 15.0. The number of methoxy groups -OCH3 is 1. The van der Waals surface area contributed by atoms with Crippen molar-refractivity contribution in [2.24, 2.45) is 5.92 Å². The van der Waals surface area contributed by atoms with Gasteiger partial charge in [-0.15, -0.1) is 0 Å². The normalized spacial score (nSPS) is 16.7. The van der Waals surface area contributed by atoms with Crippen LogP contribution in [0.4, 0.5) is 5.69 Å². The topological polar surface area (TPSA) is 87.3 Å². The van der Waals surface area contributed by atoms with Crippen LogP contribution >= 0.6 is 0 Å². The van der Waals surface area contributed by atoms with Crippen LogP contribution in [0.15, 0.2) is 48.5 Å². The summed E-state index contributed by atoms with van der Waals surface area (Å²) >= 11 is 0. The number of H-pyrrole nitrogens is 1. The maximum Gasteiger partial charge on any atom is 0.227 e. The predicted octanol–water partition coefficient (Wildman–Crippen LogP) is 2.24. The molecule has 1 aliphatic heterocycles. The average Bonchev–Trinajstić information content (AvgIpc) is 3.29. The monoisotopic (exact) mass is 364 g/mol. The molecule has 7 heteroatoms. The second-order valence-electron chi connectivity index (χ2n) is 6.53. The Hall–Kier alpha value is -3.35. The number of nitrogens with zero attached hydrogens (tertiary/aromatic N) is 2. The molecule has 1 atom stereocenters. The summed E-state index contributed by atoms with van der Waals surface area (Å²) in [5.74, 6) is 0.783. The van der Waals surface area contributed by atoms with Crippen LogP contribution in [0.2, 0.25) is 0 Å². The third-order valence-corrected chi connectivity index (χ3v) is 4.73. The van der Waals surface area contributed by atoms with Crippen molar-refractivity contribution in [3.8, 4) is 5.75 Å². The maximum absolute atomic E-state index is 12.5. The number of amides is 2. The molecule has 2 amide bonds. The summed E-state index contributed by atoms with van der Waals surface area (Å²) in [6.45, 7) is 0.662. The van der Waals surface area contributed by atoms with Crippen molar-refractivity contribution in [3.63, 3.8) is 0 Å². The third-order valence-electron chi connectivity index (χ3n) is 4.73. The number of para-hydroxylation sites is 2. The van der Waals surface area contributed by atoms with Gasteiger partial charge in [0.1, 0.15) is 11.6 Å². The van der Waals surface area contributed by atoms with Crippen LogP contribution < -0.4 is 15.0 Å². The minimum atomic E-state index is -0.381. The van der Waals surface area contributed by atoms with Crippen LogP contribution in [-0.4, -0.2) is 35.4 Å². The van der Waals surface area contributed by atoms with Crippen LogP contribution in [0.3, 0.4) is 0 Å². The van der Waals surface area contributed by atoms with Gasteiger partial charge in [-0.2, -0.15) is 0 Å². The van der Waals surface area contributed by atoms with Gasteiger partial charge in [-0.1, -0.05) is 18.2 Å².